The Hall–Kier alpha value is -3.43. The highest BCUT2D eigenvalue weighted by molar-refractivity contribution is 5.73. The molecule has 0 unspecified atom stereocenters. The van der Waals surface area contributed by atoms with E-state index in [4.69, 9.17) is 34.0 Å². The zero-order valence-corrected chi connectivity index (χ0v) is 21.2. The van der Waals surface area contributed by atoms with Crippen LogP contribution in [-0.2, 0) is 32.2 Å². The van der Waals surface area contributed by atoms with Crippen LogP contribution >= 0.6 is 0 Å². The fraction of sp³-hybridized carbons (Fsp3) is 0.480. The molecule has 0 bridgehead atoms. The fourth-order valence-electron chi connectivity index (χ4n) is 3.97. The molecule has 3 atom stereocenters. The molecule has 2 saturated heterocycles. The van der Waals surface area contributed by atoms with E-state index in [9.17, 15) is 26.3 Å². The van der Waals surface area contributed by atoms with Crippen molar-refractivity contribution < 1.29 is 60.4 Å². The molecule has 0 spiro atoms. The summed E-state index contributed by atoms with van der Waals surface area (Å²) < 4.78 is 81.0. The summed E-state index contributed by atoms with van der Waals surface area (Å²) in [6.45, 7) is 3.18. The number of pyridine rings is 1. The van der Waals surface area contributed by atoms with Gasteiger partial charge in [-0.3, -0.25) is 9.88 Å². The minimum Gasteiger partial charge on any atom is -0.497 e. The number of halogens is 6. The van der Waals surface area contributed by atoms with Crippen LogP contribution in [0.4, 0.5) is 26.3 Å². The van der Waals surface area contributed by atoms with Crippen LogP contribution in [0, 0.1) is 0 Å². The van der Waals surface area contributed by atoms with E-state index in [1.54, 1.807) is 7.11 Å². The lowest BCUT2D eigenvalue weighted by Gasteiger charge is -2.32. The standard InChI is InChI=1S/C21H26N2O3.2C2HF3O2/c1-24-18-9-7-16(8-10-18)13-23-14-20(21-19(23)6-4-12-25-21)26-15-17-5-2-3-11-22-17;2*3-2(4,5)1(6)7/h2-3,5,7-11,19-21H,4,6,12-15H2,1H3;2*(H,6,7)/t19-,20+,21+;;/m0../s1. The predicted octanol–water partition coefficient (Wildman–Crippen LogP) is 4.31. The molecule has 4 rings (SSSR count). The number of carboxylic acids is 2. The number of alkyl halides is 6. The molecule has 0 amide bonds. The van der Waals surface area contributed by atoms with Crippen LogP contribution in [-0.4, -0.2) is 82.9 Å². The predicted molar refractivity (Wildman–Crippen MR) is 126 cm³/mol. The Kier molecular flexibility index (Phi) is 12.1. The quantitative estimate of drug-likeness (QED) is 0.481. The normalized spacial score (nSPS) is 20.7. The Morgan fingerprint density at radius 2 is 1.62 bits per heavy atom. The van der Waals surface area contributed by atoms with Crippen molar-refractivity contribution in [2.24, 2.45) is 0 Å². The van der Waals surface area contributed by atoms with Crippen molar-refractivity contribution in [3.05, 3.63) is 59.9 Å². The van der Waals surface area contributed by atoms with Gasteiger partial charge in [0, 0.05) is 31.9 Å². The summed E-state index contributed by atoms with van der Waals surface area (Å²) in [6, 6.07) is 14.7. The van der Waals surface area contributed by atoms with E-state index in [2.05, 4.69) is 22.0 Å². The number of nitrogens with zero attached hydrogens (tertiary/aromatic N) is 2. The van der Waals surface area contributed by atoms with Gasteiger partial charge in [-0.15, -0.1) is 0 Å². The Labute approximate surface area is 225 Å². The topological polar surface area (TPSA) is 118 Å². The Morgan fingerprint density at radius 1 is 1.02 bits per heavy atom. The average molecular weight is 582 g/mol. The Morgan fingerprint density at radius 3 is 2.12 bits per heavy atom. The molecule has 2 aliphatic rings. The Balaban J connectivity index is 0.000000333. The number of fused-ring (bicyclic) bond motifs is 1. The van der Waals surface area contributed by atoms with Gasteiger partial charge in [0.2, 0.25) is 0 Å². The highest BCUT2D eigenvalue weighted by atomic mass is 19.4. The van der Waals surface area contributed by atoms with Gasteiger partial charge >= 0.3 is 24.3 Å². The maximum Gasteiger partial charge on any atom is 0.490 e. The molecule has 9 nitrogen and oxygen atoms in total. The second-order valence-electron chi connectivity index (χ2n) is 8.60. The molecule has 1 aromatic carbocycles. The number of rotatable bonds is 6. The summed E-state index contributed by atoms with van der Waals surface area (Å²) in [5, 5.41) is 14.2. The number of aromatic nitrogens is 1. The lowest BCUT2D eigenvalue weighted by atomic mass is 10.0. The molecule has 2 aromatic rings. The fourth-order valence-corrected chi connectivity index (χ4v) is 3.97. The number of benzene rings is 1. The molecule has 0 radical (unpaired) electrons. The Bertz CT molecular complexity index is 1040. The first-order valence-electron chi connectivity index (χ1n) is 11.8. The van der Waals surface area contributed by atoms with Crippen LogP contribution in [0.5, 0.6) is 5.75 Å². The monoisotopic (exact) mass is 582 g/mol. The lowest BCUT2D eigenvalue weighted by Crippen LogP contribution is -2.41. The number of methoxy groups -OCH3 is 1. The lowest BCUT2D eigenvalue weighted by molar-refractivity contribution is -0.193. The maximum atomic E-state index is 10.6. The van der Waals surface area contributed by atoms with Crippen LogP contribution < -0.4 is 4.74 Å². The van der Waals surface area contributed by atoms with E-state index in [0.29, 0.717) is 12.6 Å². The molecular weight excluding hydrogens is 554 g/mol. The van der Waals surface area contributed by atoms with E-state index in [1.807, 2.05) is 36.5 Å². The number of carboxylic acid groups (broad SMARTS) is 2. The van der Waals surface area contributed by atoms with Gasteiger partial charge in [-0.2, -0.15) is 26.3 Å². The van der Waals surface area contributed by atoms with Crippen molar-refractivity contribution >= 4 is 11.9 Å². The highest BCUT2D eigenvalue weighted by Crippen LogP contribution is 2.32. The van der Waals surface area contributed by atoms with Gasteiger partial charge in [0.1, 0.15) is 11.9 Å². The third-order valence-electron chi connectivity index (χ3n) is 5.78. The SMILES string of the molecule is COc1ccc(CN2C[C@@H](OCc3ccccn3)[C@@H]3OCCC[C@@H]32)cc1.O=C(O)C(F)(F)F.O=C(O)C(F)(F)F. The van der Waals surface area contributed by atoms with Crippen molar-refractivity contribution in [3.8, 4) is 5.75 Å². The largest absolute Gasteiger partial charge is 0.497 e. The van der Waals surface area contributed by atoms with Crippen molar-refractivity contribution in [1.82, 2.24) is 9.88 Å². The van der Waals surface area contributed by atoms with Crippen molar-refractivity contribution in [1.29, 1.82) is 0 Å². The molecule has 2 aliphatic heterocycles. The molecule has 0 saturated carbocycles. The zero-order valence-electron chi connectivity index (χ0n) is 21.2. The first-order chi connectivity index (χ1) is 18.7. The minimum atomic E-state index is -5.08. The minimum absolute atomic E-state index is 0.0977. The number of ether oxygens (including phenoxy) is 3. The van der Waals surface area contributed by atoms with Crippen LogP contribution in [0.3, 0.4) is 0 Å². The average Bonchev–Trinajstić information content (AvgIpc) is 3.25. The molecule has 0 aliphatic carbocycles. The van der Waals surface area contributed by atoms with Crippen LogP contribution in [0.1, 0.15) is 24.1 Å². The summed E-state index contributed by atoms with van der Waals surface area (Å²) >= 11 is 0. The van der Waals surface area contributed by atoms with Gasteiger partial charge in [-0.25, -0.2) is 9.59 Å². The van der Waals surface area contributed by atoms with E-state index in [0.717, 1.165) is 37.6 Å². The number of hydrogen-bond acceptors (Lipinski definition) is 7. The van der Waals surface area contributed by atoms with Gasteiger partial charge in [-0.05, 0) is 42.7 Å². The summed E-state index contributed by atoms with van der Waals surface area (Å²) in [7, 11) is 1.70. The molecule has 15 heteroatoms. The summed E-state index contributed by atoms with van der Waals surface area (Å²) in [6.07, 6.45) is -5.81. The molecule has 222 valence electrons. The van der Waals surface area contributed by atoms with E-state index in [-0.39, 0.29) is 12.2 Å². The third-order valence-corrected chi connectivity index (χ3v) is 5.78. The van der Waals surface area contributed by atoms with Crippen molar-refractivity contribution in [2.45, 2.75) is 56.6 Å². The molecule has 40 heavy (non-hydrogen) atoms. The summed E-state index contributed by atoms with van der Waals surface area (Å²) in [4.78, 5) is 24.7. The van der Waals surface area contributed by atoms with E-state index in [1.165, 1.54) is 12.0 Å². The molecule has 2 fully saturated rings. The van der Waals surface area contributed by atoms with Crippen LogP contribution in [0.15, 0.2) is 48.7 Å². The van der Waals surface area contributed by atoms with Gasteiger partial charge in [0.15, 0.2) is 0 Å². The smallest absolute Gasteiger partial charge is 0.490 e. The van der Waals surface area contributed by atoms with E-state index < -0.39 is 24.3 Å². The molecule has 2 N–H and O–H groups in total. The second kappa shape index (κ2) is 14.8. The molecular formula is C25H28F6N2O7. The third kappa shape index (κ3) is 10.6. The van der Waals surface area contributed by atoms with Crippen LogP contribution in [0.25, 0.3) is 0 Å². The summed E-state index contributed by atoms with van der Waals surface area (Å²) in [5.41, 5.74) is 2.26. The number of likely N-dealkylation sites (tertiary alicyclic amines) is 1. The molecule has 3 heterocycles. The van der Waals surface area contributed by atoms with Gasteiger partial charge in [0.25, 0.3) is 0 Å². The first kappa shape index (κ1) is 32.8. The number of aliphatic carboxylic acids is 2. The van der Waals surface area contributed by atoms with Crippen molar-refractivity contribution in [3.63, 3.8) is 0 Å². The number of hydrogen-bond donors (Lipinski definition) is 2. The van der Waals surface area contributed by atoms with E-state index >= 15 is 0 Å². The second-order valence-corrected chi connectivity index (χ2v) is 8.60. The highest BCUT2D eigenvalue weighted by Gasteiger charge is 2.44. The van der Waals surface area contributed by atoms with Gasteiger partial charge < -0.3 is 24.4 Å². The van der Waals surface area contributed by atoms with Crippen molar-refractivity contribution in [2.75, 3.05) is 20.3 Å². The van der Waals surface area contributed by atoms with Gasteiger partial charge in [0.05, 0.1) is 25.5 Å². The zero-order chi connectivity index (χ0) is 29.9. The molecule has 1 aromatic heterocycles. The maximum absolute atomic E-state index is 10.6. The first-order valence-corrected chi connectivity index (χ1v) is 11.8. The summed E-state index contributed by atoms with van der Waals surface area (Å²) in [5.74, 6) is -4.62. The van der Waals surface area contributed by atoms with Crippen LogP contribution in [0.2, 0.25) is 0 Å². The number of carbonyl (C=O) groups is 2. The van der Waals surface area contributed by atoms with Gasteiger partial charge in [-0.1, -0.05) is 18.2 Å².